The number of ether oxygens (including phenoxy) is 1. The molecule has 0 aliphatic rings. The molecular formula is C15H15ClFNO3S. The smallest absolute Gasteiger partial charge is 0.240 e. The first kappa shape index (κ1) is 16.7. The zero-order chi connectivity index (χ0) is 16.2. The van der Waals surface area contributed by atoms with Crippen LogP contribution in [0, 0.1) is 12.7 Å². The highest BCUT2D eigenvalue weighted by atomic mass is 35.5. The van der Waals surface area contributed by atoms with Gasteiger partial charge < -0.3 is 4.74 Å². The topological polar surface area (TPSA) is 55.4 Å². The highest BCUT2D eigenvalue weighted by Crippen LogP contribution is 2.19. The minimum absolute atomic E-state index is 0.0986. The lowest BCUT2D eigenvalue weighted by atomic mass is 10.2. The number of rotatable bonds is 6. The van der Waals surface area contributed by atoms with Gasteiger partial charge in [0.05, 0.1) is 4.90 Å². The summed E-state index contributed by atoms with van der Waals surface area (Å²) in [6.45, 7) is 1.97. The summed E-state index contributed by atoms with van der Waals surface area (Å²) in [6, 6.07) is 10.00. The fraction of sp³-hybridized carbons (Fsp3) is 0.200. The summed E-state index contributed by atoms with van der Waals surface area (Å²) >= 11 is 5.87. The molecule has 0 aromatic heterocycles. The molecule has 0 heterocycles. The van der Waals surface area contributed by atoms with Gasteiger partial charge in [0.1, 0.15) is 18.2 Å². The average Bonchev–Trinajstić information content (AvgIpc) is 2.48. The van der Waals surface area contributed by atoms with Gasteiger partial charge in [0, 0.05) is 11.6 Å². The third kappa shape index (κ3) is 4.43. The number of nitrogens with one attached hydrogen (secondary N) is 1. The first-order valence-electron chi connectivity index (χ1n) is 6.53. The highest BCUT2D eigenvalue weighted by molar-refractivity contribution is 7.89. The summed E-state index contributed by atoms with van der Waals surface area (Å²) in [7, 11) is -3.61. The van der Waals surface area contributed by atoms with E-state index in [9.17, 15) is 12.8 Å². The third-order valence-corrected chi connectivity index (χ3v) is 4.80. The molecular weight excluding hydrogens is 329 g/mol. The van der Waals surface area contributed by atoms with Gasteiger partial charge in [-0.05, 0) is 55.0 Å². The first-order chi connectivity index (χ1) is 10.4. The van der Waals surface area contributed by atoms with Gasteiger partial charge in [-0.15, -0.1) is 0 Å². The van der Waals surface area contributed by atoms with E-state index in [-0.39, 0.29) is 23.9 Å². The Balaban J connectivity index is 1.89. The van der Waals surface area contributed by atoms with E-state index in [0.717, 1.165) is 0 Å². The molecule has 0 aliphatic heterocycles. The van der Waals surface area contributed by atoms with E-state index in [1.807, 2.05) is 0 Å². The van der Waals surface area contributed by atoms with Crippen LogP contribution in [0.4, 0.5) is 4.39 Å². The SMILES string of the molecule is Cc1cc(S(=O)(=O)NCCOc2ccc(F)cc2)ccc1Cl. The molecule has 0 saturated heterocycles. The van der Waals surface area contributed by atoms with E-state index < -0.39 is 10.0 Å². The van der Waals surface area contributed by atoms with Crippen LogP contribution in [0.1, 0.15) is 5.56 Å². The number of sulfonamides is 1. The van der Waals surface area contributed by atoms with Crippen molar-refractivity contribution in [3.63, 3.8) is 0 Å². The molecule has 0 bridgehead atoms. The number of hydrogen-bond donors (Lipinski definition) is 1. The van der Waals surface area contributed by atoms with Gasteiger partial charge in [-0.3, -0.25) is 0 Å². The molecule has 0 radical (unpaired) electrons. The zero-order valence-corrected chi connectivity index (χ0v) is 13.4. The second kappa shape index (κ2) is 7.09. The molecule has 7 heteroatoms. The summed E-state index contributed by atoms with van der Waals surface area (Å²) in [5.74, 6) is 0.120. The predicted octanol–water partition coefficient (Wildman–Crippen LogP) is 3.14. The molecule has 1 N–H and O–H groups in total. The molecule has 2 aromatic carbocycles. The van der Waals surface area contributed by atoms with E-state index >= 15 is 0 Å². The van der Waals surface area contributed by atoms with Crippen molar-refractivity contribution in [1.29, 1.82) is 0 Å². The molecule has 2 rings (SSSR count). The molecule has 0 unspecified atom stereocenters. The van der Waals surface area contributed by atoms with E-state index in [1.54, 1.807) is 13.0 Å². The Bertz CT molecular complexity index is 748. The minimum atomic E-state index is -3.61. The van der Waals surface area contributed by atoms with Gasteiger partial charge in [0.15, 0.2) is 0 Å². The van der Waals surface area contributed by atoms with Gasteiger partial charge >= 0.3 is 0 Å². The molecule has 0 atom stereocenters. The van der Waals surface area contributed by atoms with Crippen LogP contribution in [0.15, 0.2) is 47.4 Å². The van der Waals surface area contributed by atoms with Crippen LogP contribution in [0.2, 0.25) is 5.02 Å². The number of aryl methyl sites for hydroxylation is 1. The van der Waals surface area contributed by atoms with Crippen molar-refractivity contribution in [2.24, 2.45) is 0 Å². The van der Waals surface area contributed by atoms with E-state index in [2.05, 4.69) is 4.72 Å². The standard InChI is InChI=1S/C15H15ClFNO3S/c1-11-10-14(6-7-15(11)16)22(19,20)18-8-9-21-13-4-2-12(17)3-5-13/h2-7,10,18H,8-9H2,1H3. The van der Waals surface area contributed by atoms with Gasteiger partial charge in [-0.1, -0.05) is 11.6 Å². The Kier molecular flexibility index (Phi) is 5.39. The summed E-state index contributed by atoms with van der Waals surface area (Å²) in [6.07, 6.45) is 0. The van der Waals surface area contributed by atoms with Gasteiger partial charge in [-0.25, -0.2) is 17.5 Å². The van der Waals surface area contributed by atoms with Gasteiger partial charge in [0.2, 0.25) is 10.0 Å². The van der Waals surface area contributed by atoms with E-state index in [1.165, 1.54) is 36.4 Å². The summed E-state index contributed by atoms with van der Waals surface area (Å²) in [5.41, 5.74) is 0.687. The van der Waals surface area contributed by atoms with Crippen LogP contribution in [-0.4, -0.2) is 21.6 Å². The van der Waals surface area contributed by atoms with E-state index in [0.29, 0.717) is 16.3 Å². The third-order valence-electron chi connectivity index (χ3n) is 2.92. The number of halogens is 2. The van der Waals surface area contributed by atoms with Crippen molar-refractivity contribution in [2.75, 3.05) is 13.2 Å². The molecule has 0 spiro atoms. The Labute approximate surface area is 133 Å². The molecule has 2 aromatic rings. The normalized spacial score (nSPS) is 11.4. The Morgan fingerprint density at radius 1 is 1.18 bits per heavy atom. The Morgan fingerprint density at radius 3 is 2.50 bits per heavy atom. The van der Waals surface area contributed by atoms with Crippen molar-refractivity contribution in [3.05, 3.63) is 58.9 Å². The molecule has 0 amide bonds. The Hall–Kier alpha value is -1.63. The largest absolute Gasteiger partial charge is 0.492 e. The number of hydrogen-bond acceptors (Lipinski definition) is 3. The van der Waals surface area contributed by atoms with Crippen molar-refractivity contribution in [3.8, 4) is 5.75 Å². The van der Waals surface area contributed by atoms with Gasteiger partial charge in [-0.2, -0.15) is 0 Å². The molecule has 118 valence electrons. The zero-order valence-electron chi connectivity index (χ0n) is 11.8. The van der Waals surface area contributed by atoms with Crippen LogP contribution >= 0.6 is 11.6 Å². The molecule has 4 nitrogen and oxygen atoms in total. The van der Waals surface area contributed by atoms with Crippen molar-refractivity contribution >= 4 is 21.6 Å². The van der Waals surface area contributed by atoms with Crippen LogP contribution < -0.4 is 9.46 Å². The van der Waals surface area contributed by atoms with Gasteiger partial charge in [0.25, 0.3) is 0 Å². The molecule has 0 fully saturated rings. The van der Waals surface area contributed by atoms with Crippen LogP contribution in [0.25, 0.3) is 0 Å². The fourth-order valence-electron chi connectivity index (χ4n) is 1.74. The predicted molar refractivity (Wildman–Crippen MR) is 83.3 cm³/mol. The quantitative estimate of drug-likeness (QED) is 0.820. The summed E-state index contributed by atoms with van der Waals surface area (Å²) < 4.78 is 44.7. The first-order valence-corrected chi connectivity index (χ1v) is 8.39. The maximum absolute atomic E-state index is 12.7. The molecule has 0 saturated carbocycles. The summed E-state index contributed by atoms with van der Waals surface area (Å²) in [4.78, 5) is 0.149. The van der Waals surface area contributed by atoms with Crippen LogP contribution in [-0.2, 0) is 10.0 Å². The fourth-order valence-corrected chi connectivity index (χ4v) is 2.96. The molecule has 0 aliphatic carbocycles. The maximum atomic E-state index is 12.7. The van der Waals surface area contributed by atoms with Crippen LogP contribution in [0.5, 0.6) is 5.75 Å². The van der Waals surface area contributed by atoms with Crippen molar-refractivity contribution < 1.29 is 17.5 Å². The lowest BCUT2D eigenvalue weighted by molar-refractivity contribution is 0.322. The van der Waals surface area contributed by atoms with Crippen LogP contribution in [0.3, 0.4) is 0 Å². The minimum Gasteiger partial charge on any atom is -0.492 e. The van der Waals surface area contributed by atoms with Crippen molar-refractivity contribution in [1.82, 2.24) is 4.72 Å². The second-order valence-corrected chi connectivity index (χ2v) is 6.79. The maximum Gasteiger partial charge on any atom is 0.240 e. The number of benzene rings is 2. The summed E-state index contributed by atoms with van der Waals surface area (Å²) in [5, 5.41) is 0.513. The van der Waals surface area contributed by atoms with E-state index in [4.69, 9.17) is 16.3 Å². The van der Waals surface area contributed by atoms with Crippen molar-refractivity contribution in [2.45, 2.75) is 11.8 Å². The molecule has 22 heavy (non-hydrogen) atoms. The Morgan fingerprint density at radius 2 is 1.86 bits per heavy atom. The lowest BCUT2D eigenvalue weighted by Crippen LogP contribution is -2.28. The highest BCUT2D eigenvalue weighted by Gasteiger charge is 2.14. The second-order valence-electron chi connectivity index (χ2n) is 4.61. The lowest BCUT2D eigenvalue weighted by Gasteiger charge is -2.09. The average molecular weight is 344 g/mol. The monoisotopic (exact) mass is 343 g/mol.